The Kier molecular flexibility index (Phi) is 4.45. The topological polar surface area (TPSA) is 23.5 Å². The lowest BCUT2D eigenvalue weighted by Crippen LogP contribution is -2.47. The van der Waals surface area contributed by atoms with Gasteiger partial charge in [-0.2, -0.15) is 0 Å². The second kappa shape index (κ2) is 6.30. The van der Waals surface area contributed by atoms with Gasteiger partial charge in [-0.3, -0.25) is 4.90 Å². The summed E-state index contributed by atoms with van der Waals surface area (Å²) in [5, 5.41) is 10.9. The lowest BCUT2D eigenvalue weighted by Gasteiger charge is -2.39. The SMILES string of the molecule is O[C@@H]1CCCC[C@H]1N1CC=C(c2ccc(Cl)cc2)CC1. The fraction of sp³-hybridized carbons (Fsp3) is 0.529. The van der Waals surface area contributed by atoms with Crippen LogP contribution in [0.2, 0.25) is 5.02 Å². The van der Waals surface area contributed by atoms with Gasteiger partial charge in [0.15, 0.2) is 0 Å². The summed E-state index contributed by atoms with van der Waals surface area (Å²) in [6, 6.07) is 8.47. The molecule has 0 bridgehead atoms. The molecule has 3 rings (SSSR count). The van der Waals surface area contributed by atoms with Crippen molar-refractivity contribution >= 4 is 17.2 Å². The van der Waals surface area contributed by atoms with Crippen molar-refractivity contribution in [2.75, 3.05) is 13.1 Å². The molecule has 108 valence electrons. The highest BCUT2D eigenvalue weighted by Crippen LogP contribution is 2.28. The van der Waals surface area contributed by atoms with E-state index in [1.165, 1.54) is 24.0 Å². The maximum Gasteiger partial charge on any atom is 0.0695 e. The Morgan fingerprint density at radius 1 is 1.10 bits per heavy atom. The lowest BCUT2D eigenvalue weighted by molar-refractivity contribution is 0.0248. The summed E-state index contributed by atoms with van der Waals surface area (Å²) in [6.07, 6.45) is 7.79. The quantitative estimate of drug-likeness (QED) is 0.897. The van der Waals surface area contributed by atoms with Crippen LogP contribution in [0.3, 0.4) is 0 Å². The first-order valence-corrected chi connectivity index (χ1v) is 7.99. The summed E-state index contributed by atoms with van der Waals surface area (Å²) in [6.45, 7) is 2.01. The van der Waals surface area contributed by atoms with E-state index >= 15 is 0 Å². The van der Waals surface area contributed by atoms with E-state index in [0.717, 1.165) is 37.4 Å². The van der Waals surface area contributed by atoms with Crippen LogP contribution in [-0.4, -0.2) is 35.2 Å². The van der Waals surface area contributed by atoms with Crippen molar-refractivity contribution in [2.24, 2.45) is 0 Å². The summed E-state index contributed by atoms with van der Waals surface area (Å²) in [5.74, 6) is 0. The molecule has 0 spiro atoms. The molecule has 1 saturated carbocycles. The monoisotopic (exact) mass is 291 g/mol. The third kappa shape index (κ3) is 3.08. The van der Waals surface area contributed by atoms with Gasteiger partial charge in [-0.25, -0.2) is 0 Å². The van der Waals surface area contributed by atoms with Gasteiger partial charge in [0.25, 0.3) is 0 Å². The molecule has 2 nitrogen and oxygen atoms in total. The van der Waals surface area contributed by atoms with Crippen LogP contribution in [0.4, 0.5) is 0 Å². The molecule has 0 amide bonds. The molecule has 1 fully saturated rings. The Morgan fingerprint density at radius 3 is 2.50 bits per heavy atom. The zero-order chi connectivity index (χ0) is 13.9. The number of rotatable bonds is 2. The fourth-order valence-corrected chi connectivity index (χ4v) is 3.56. The van der Waals surface area contributed by atoms with E-state index in [1.807, 2.05) is 12.1 Å². The van der Waals surface area contributed by atoms with Gasteiger partial charge >= 0.3 is 0 Å². The largest absolute Gasteiger partial charge is 0.391 e. The molecular formula is C17H22ClNO. The number of hydrogen-bond acceptors (Lipinski definition) is 2. The van der Waals surface area contributed by atoms with Crippen LogP contribution < -0.4 is 0 Å². The Labute approximate surface area is 126 Å². The molecule has 1 aromatic carbocycles. The molecule has 1 aliphatic carbocycles. The molecule has 20 heavy (non-hydrogen) atoms. The van der Waals surface area contributed by atoms with Crippen molar-refractivity contribution in [1.82, 2.24) is 4.90 Å². The number of aliphatic hydroxyl groups is 1. The van der Waals surface area contributed by atoms with E-state index in [4.69, 9.17) is 11.6 Å². The van der Waals surface area contributed by atoms with Crippen LogP contribution in [-0.2, 0) is 0 Å². The van der Waals surface area contributed by atoms with Gasteiger partial charge in [0.2, 0.25) is 0 Å². The number of halogens is 1. The Balaban J connectivity index is 1.66. The van der Waals surface area contributed by atoms with Gasteiger partial charge in [-0.1, -0.05) is 42.7 Å². The summed E-state index contributed by atoms with van der Waals surface area (Å²) in [7, 11) is 0. The summed E-state index contributed by atoms with van der Waals surface area (Å²) >= 11 is 5.94. The van der Waals surface area contributed by atoms with E-state index < -0.39 is 0 Å². The first-order valence-electron chi connectivity index (χ1n) is 7.61. The van der Waals surface area contributed by atoms with E-state index in [2.05, 4.69) is 23.1 Å². The zero-order valence-electron chi connectivity index (χ0n) is 11.8. The summed E-state index contributed by atoms with van der Waals surface area (Å²) < 4.78 is 0. The Hall–Kier alpha value is -0.830. The van der Waals surface area contributed by atoms with Gasteiger partial charge in [0.05, 0.1) is 6.10 Å². The maximum absolute atomic E-state index is 10.2. The van der Waals surface area contributed by atoms with E-state index in [-0.39, 0.29) is 6.10 Å². The third-order valence-corrected chi connectivity index (χ3v) is 4.87. The minimum absolute atomic E-state index is 0.130. The number of aliphatic hydroxyl groups excluding tert-OH is 1. The average molecular weight is 292 g/mol. The number of hydrogen-bond donors (Lipinski definition) is 1. The molecule has 0 unspecified atom stereocenters. The normalized spacial score (nSPS) is 28.2. The van der Waals surface area contributed by atoms with Crippen LogP contribution in [0.25, 0.3) is 5.57 Å². The second-order valence-corrected chi connectivity index (χ2v) is 6.34. The Morgan fingerprint density at radius 2 is 1.85 bits per heavy atom. The van der Waals surface area contributed by atoms with Crippen LogP contribution in [0.1, 0.15) is 37.7 Å². The molecule has 2 atom stereocenters. The van der Waals surface area contributed by atoms with E-state index in [9.17, 15) is 5.11 Å². The molecule has 1 aromatic rings. The zero-order valence-corrected chi connectivity index (χ0v) is 12.5. The maximum atomic E-state index is 10.2. The number of nitrogens with zero attached hydrogens (tertiary/aromatic N) is 1. The highest BCUT2D eigenvalue weighted by molar-refractivity contribution is 6.30. The smallest absolute Gasteiger partial charge is 0.0695 e. The predicted octanol–water partition coefficient (Wildman–Crippen LogP) is 3.73. The van der Waals surface area contributed by atoms with Crippen molar-refractivity contribution in [3.63, 3.8) is 0 Å². The van der Waals surface area contributed by atoms with Gasteiger partial charge in [-0.15, -0.1) is 0 Å². The van der Waals surface area contributed by atoms with Crippen molar-refractivity contribution in [1.29, 1.82) is 0 Å². The average Bonchev–Trinajstić information content (AvgIpc) is 2.49. The lowest BCUT2D eigenvalue weighted by atomic mass is 9.89. The molecule has 1 aliphatic heterocycles. The minimum Gasteiger partial charge on any atom is -0.391 e. The van der Waals surface area contributed by atoms with Gasteiger partial charge in [0, 0.05) is 24.2 Å². The van der Waals surface area contributed by atoms with Crippen molar-refractivity contribution in [3.05, 3.63) is 40.9 Å². The van der Waals surface area contributed by atoms with E-state index in [0.29, 0.717) is 6.04 Å². The van der Waals surface area contributed by atoms with Crippen LogP contribution >= 0.6 is 11.6 Å². The van der Waals surface area contributed by atoms with Crippen molar-refractivity contribution < 1.29 is 5.11 Å². The van der Waals surface area contributed by atoms with Crippen LogP contribution in [0.15, 0.2) is 30.3 Å². The van der Waals surface area contributed by atoms with Crippen molar-refractivity contribution in [3.8, 4) is 0 Å². The molecular weight excluding hydrogens is 270 g/mol. The third-order valence-electron chi connectivity index (χ3n) is 4.62. The summed E-state index contributed by atoms with van der Waals surface area (Å²) in [5.41, 5.74) is 2.68. The molecule has 0 radical (unpaired) electrons. The van der Waals surface area contributed by atoms with Gasteiger partial charge in [-0.05, 0) is 42.5 Å². The molecule has 2 aliphatic rings. The highest BCUT2D eigenvalue weighted by atomic mass is 35.5. The van der Waals surface area contributed by atoms with Crippen LogP contribution in [0, 0.1) is 0 Å². The summed E-state index contributed by atoms with van der Waals surface area (Å²) in [4.78, 5) is 2.45. The first-order chi connectivity index (χ1) is 9.74. The standard InChI is InChI=1S/C17H22ClNO/c18-15-7-5-13(6-8-15)14-9-11-19(12-10-14)16-3-1-2-4-17(16)20/h5-9,16-17,20H,1-4,10-12H2/t16-,17-/m1/s1. The Bertz CT molecular complexity index is 482. The van der Waals surface area contributed by atoms with Crippen molar-refractivity contribution in [2.45, 2.75) is 44.2 Å². The van der Waals surface area contributed by atoms with E-state index in [1.54, 1.807) is 0 Å². The molecule has 3 heteroatoms. The second-order valence-electron chi connectivity index (χ2n) is 5.90. The molecule has 0 aromatic heterocycles. The molecule has 1 heterocycles. The van der Waals surface area contributed by atoms with Gasteiger partial charge < -0.3 is 5.11 Å². The van der Waals surface area contributed by atoms with Crippen LogP contribution in [0.5, 0.6) is 0 Å². The predicted molar refractivity (Wildman–Crippen MR) is 83.9 cm³/mol. The first kappa shape index (κ1) is 14.1. The highest BCUT2D eigenvalue weighted by Gasteiger charge is 2.29. The number of benzene rings is 1. The molecule has 0 saturated heterocycles. The van der Waals surface area contributed by atoms with Gasteiger partial charge in [0.1, 0.15) is 0 Å². The molecule has 1 N–H and O–H groups in total. The minimum atomic E-state index is -0.130. The fourth-order valence-electron chi connectivity index (χ4n) is 3.43.